The number of nitrogens with one attached hydrogen (secondary N) is 1. The van der Waals surface area contributed by atoms with Crippen LogP contribution in [0.1, 0.15) is 26.2 Å². The fourth-order valence-electron chi connectivity index (χ4n) is 1.07. The molecule has 0 amide bonds. The second-order valence-corrected chi connectivity index (χ2v) is 4.81. The molecule has 94 valence electrons. The molecule has 0 heterocycles. The molecule has 1 atom stereocenters. The zero-order valence-corrected chi connectivity index (χ0v) is 9.76. The van der Waals surface area contributed by atoms with Crippen LogP contribution in [0.15, 0.2) is 0 Å². The van der Waals surface area contributed by atoms with Crippen molar-refractivity contribution in [3.8, 4) is 0 Å². The first-order valence-electron chi connectivity index (χ1n) is 4.79. The molecular weight excluding hydrogens is 222 g/mol. The van der Waals surface area contributed by atoms with E-state index in [9.17, 15) is 8.42 Å². The topological polar surface area (TPSA) is 118 Å². The molecule has 0 aromatic carbocycles. The second-order valence-electron chi connectivity index (χ2n) is 3.31. The number of hydrogen-bond acceptors (Lipinski definition) is 4. The minimum atomic E-state index is -4.06. The van der Waals surface area contributed by atoms with Gasteiger partial charge in [-0.25, -0.2) is 0 Å². The molecule has 0 bridgehead atoms. The summed E-state index contributed by atoms with van der Waals surface area (Å²) >= 11 is 0. The van der Waals surface area contributed by atoms with E-state index in [1.54, 1.807) is 0 Å². The second kappa shape index (κ2) is 9.05. The average molecular weight is 243 g/mol. The third kappa shape index (κ3) is 13.8. The van der Waals surface area contributed by atoms with E-state index in [2.05, 4.69) is 12.2 Å². The first-order chi connectivity index (χ1) is 6.45. The maximum absolute atomic E-state index is 10.3. The fourth-order valence-corrected chi connectivity index (χ4v) is 1.67. The van der Waals surface area contributed by atoms with Crippen molar-refractivity contribution in [2.75, 3.05) is 18.8 Å². The van der Waals surface area contributed by atoms with Crippen molar-refractivity contribution in [3.05, 3.63) is 0 Å². The minimum Gasteiger partial charge on any atom is -0.412 e. The highest BCUT2D eigenvalue weighted by atomic mass is 32.2. The van der Waals surface area contributed by atoms with Crippen molar-refractivity contribution >= 4 is 10.1 Å². The van der Waals surface area contributed by atoms with E-state index < -0.39 is 22.0 Å². The van der Waals surface area contributed by atoms with Crippen molar-refractivity contribution in [3.63, 3.8) is 0 Å². The Balaban J connectivity index is 0. The lowest BCUT2D eigenvalue weighted by Gasteiger charge is -2.09. The molecule has 0 aliphatic rings. The standard InChI is InChI=1S/C8H19NO4S.H2O/c1-2-3-4-5-9-6-8(10)7-14(11,12)13;/h8-10H,2-7H2,1H3,(H,11,12,13);1H2. The van der Waals surface area contributed by atoms with Gasteiger partial charge in [-0.05, 0) is 13.0 Å². The highest BCUT2D eigenvalue weighted by molar-refractivity contribution is 7.85. The Hall–Kier alpha value is -0.210. The van der Waals surface area contributed by atoms with Gasteiger partial charge in [-0.15, -0.1) is 0 Å². The summed E-state index contributed by atoms with van der Waals surface area (Å²) < 4.78 is 29.1. The maximum atomic E-state index is 10.3. The van der Waals surface area contributed by atoms with E-state index in [1.807, 2.05) is 0 Å². The normalized spacial score (nSPS) is 13.3. The highest BCUT2D eigenvalue weighted by Crippen LogP contribution is 1.92. The van der Waals surface area contributed by atoms with Gasteiger partial charge in [0, 0.05) is 6.54 Å². The fraction of sp³-hybridized carbons (Fsp3) is 1.00. The zero-order valence-electron chi connectivity index (χ0n) is 8.94. The first-order valence-corrected chi connectivity index (χ1v) is 6.40. The first kappa shape index (κ1) is 17.2. The van der Waals surface area contributed by atoms with E-state index >= 15 is 0 Å². The lowest BCUT2D eigenvalue weighted by Crippen LogP contribution is -2.32. The quantitative estimate of drug-likeness (QED) is 0.380. The number of rotatable bonds is 8. The van der Waals surface area contributed by atoms with Crippen LogP contribution in [0.2, 0.25) is 0 Å². The number of unbranched alkanes of at least 4 members (excludes halogenated alkanes) is 2. The van der Waals surface area contributed by atoms with Gasteiger partial charge in [0.15, 0.2) is 0 Å². The van der Waals surface area contributed by atoms with Crippen LogP contribution in [-0.4, -0.2) is 48.5 Å². The molecule has 15 heavy (non-hydrogen) atoms. The summed E-state index contributed by atoms with van der Waals surface area (Å²) in [5.74, 6) is -0.603. The maximum Gasteiger partial charge on any atom is 0.267 e. The monoisotopic (exact) mass is 243 g/mol. The zero-order chi connectivity index (χ0) is 11.0. The van der Waals surface area contributed by atoms with E-state index in [-0.39, 0.29) is 12.0 Å². The predicted molar refractivity (Wildman–Crippen MR) is 58.4 cm³/mol. The van der Waals surface area contributed by atoms with Crippen LogP contribution in [0.5, 0.6) is 0 Å². The van der Waals surface area contributed by atoms with Gasteiger partial charge in [0.2, 0.25) is 0 Å². The van der Waals surface area contributed by atoms with Crippen molar-refractivity contribution in [1.82, 2.24) is 5.32 Å². The van der Waals surface area contributed by atoms with Crippen LogP contribution >= 0.6 is 0 Å². The Kier molecular flexibility index (Phi) is 10.4. The Morgan fingerprint density at radius 3 is 2.40 bits per heavy atom. The third-order valence-corrected chi connectivity index (χ3v) is 2.55. The summed E-state index contributed by atoms with van der Waals surface area (Å²) in [7, 11) is -4.06. The molecule has 6 nitrogen and oxygen atoms in total. The Morgan fingerprint density at radius 1 is 1.33 bits per heavy atom. The molecule has 0 aliphatic heterocycles. The van der Waals surface area contributed by atoms with Gasteiger partial charge < -0.3 is 15.9 Å². The lowest BCUT2D eigenvalue weighted by molar-refractivity contribution is 0.191. The molecule has 0 spiro atoms. The highest BCUT2D eigenvalue weighted by Gasteiger charge is 2.12. The smallest absolute Gasteiger partial charge is 0.267 e. The largest absolute Gasteiger partial charge is 0.412 e. The molecule has 0 aromatic rings. The molecule has 0 radical (unpaired) electrons. The van der Waals surface area contributed by atoms with E-state index in [0.717, 1.165) is 25.8 Å². The van der Waals surface area contributed by atoms with E-state index in [1.165, 1.54) is 0 Å². The number of aliphatic hydroxyl groups excluding tert-OH is 1. The molecule has 1 unspecified atom stereocenters. The molecule has 0 aliphatic carbocycles. The summed E-state index contributed by atoms with van der Waals surface area (Å²) in [6.45, 7) is 3.05. The van der Waals surface area contributed by atoms with Gasteiger partial charge in [0.05, 0.1) is 6.10 Å². The van der Waals surface area contributed by atoms with Gasteiger partial charge >= 0.3 is 0 Å². The lowest BCUT2D eigenvalue weighted by atomic mass is 10.2. The number of aliphatic hydroxyl groups is 1. The minimum absolute atomic E-state index is 0. The molecule has 0 saturated carbocycles. The predicted octanol–water partition coefficient (Wildman–Crippen LogP) is -0.810. The molecule has 0 aromatic heterocycles. The Morgan fingerprint density at radius 2 is 1.93 bits per heavy atom. The van der Waals surface area contributed by atoms with Crippen LogP contribution in [0.25, 0.3) is 0 Å². The van der Waals surface area contributed by atoms with Crippen molar-refractivity contribution in [1.29, 1.82) is 0 Å². The van der Waals surface area contributed by atoms with Gasteiger partial charge in [-0.3, -0.25) is 4.55 Å². The van der Waals surface area contributed by atoms with Crippen molar-refractivity contribution < 1.29 is 23.6 Å². The molecular formula is C8H21NO5S. The molecule has 5 N–H and O–H groups in total. The summed E-state index contributed by atoms with van der Waals surface area (Å²) in [6, 6.07) is 0. The van der Waals surface area contributed by atoms with Gasteiger partial charge in [-0.1, -0.05) is 19.8 Å². The van der Waals surface area contributed by atoms with Gasteiger partial charge in [0.25, 0.3) is 10.1 Å². The number of hydrogen-bond donors (Lipinski definition) is 3. The van der Waals surface area contributed by atoms with E-state index in [4.69, 9.17) is 9.66 Å². The van der Waals surface area contributed by atoms with Crippen LogP contribution < -0.4 is 5.32 Å². The van der Waals surface area contributed by atoms with Crippen LogP contribution in [0.4, 0.5) is 0 Å². The summed E-state index contributed by atoms with van der Waals surface area (Å²) in [5.41, 5.74) is 0. The molecule has 0 fully saturated rings. The molecule has 0 rings (SSSR count). The van der Waals surface area contributed by atoms with Crippen molar-refractivity contribution in [2.45, 2.75) is 32.3 Å². The average Bonchev–Trinajstić information content (AvgIpc) is 2.00. The summed E-state index contributed by atoms with van der Waals surface area (Å²) in [5, 5.41) is 12.1. The molecule has 0 saturated heterocycles. The Bertz CT molecular complexity index is 229. The molecule has 7 heteroatoms. The van der Waals surface area contributed by atoms with Crippen LogP contribution in [-0.2, 0) is 10.1 Å². The van der Waals surface area contributed by atoms with Crippen molar-refractivity contribution in [2.24, 2.45) is 0 Å². The summed E-state index contributed by atoms with van der Waals surface area (Å²) in [6.07, 6.45) is 2.21. The van der Waals surface area contributed by atoms with Crippen LogP contribution in [0, 0.1) is 0 Å². The Labute approximate surface area is 90.7 Å². The van der Waals surface area contributed by atoms with Gasteiger partial charge in [-0.2, -0.15) is 8.42 Å². The SMILES string of the molecule is CCCCCNCC(O)CS(=O)(=O)O.O. The third-order valence-electron chi connectivity index (χ3n) is 1.74. The summed E-state index contributed by atoms with van der Waals surface area (Å²) in [4.78, 5) is 0. The van der Waals surface area contributed by atoms with Gasteiger partial charge in [0.1, 0.15) is 5.75 Å². The van der Waals surface area contributed by atoms with E-state index in [0.29, 0.717) is 0 Å². The van der Waals surface area contributed by atoms with Crippen LogP contribution in [0.3, 0.4) is 0 Å².